The van der Waals surface area contributed by atoms with Crippen molar-refractivity contribution in [1.82, 2.24) is 4.98 Å². The number of methoxy groups -OCH3 is 3. The van der Waals surface area contributed by atoms with Gasteiger partial charge in [0.25, 0.3) is 0 Å². The summed E-state index contributed by atoms with van der Waals surface area (Å²) in [5.74, 6) is 0.353. The molecular formula is C15H15NO5. The Labute approximate surface area is 121 Å². The van der Waals surface area contributed by atoms with Crippen molar-refractivity contribution in [3.8, 4) is 28.5 Å². The number of aromatic carboxylic acids is 1. The molecule has 0 saturated carbocycles. The number of carbonyl (C=O) groups is 1. The third-order valence-electron chi connectivity index (χ3n) is 2.93. The fraction of sp³-hybridized carbons (Fsp3) is 0.200. The maximum atomic E-state index is 11.0. The Hall–Kier alpha value is -2.76. The standard InChI is InChI=1S/C15H15NO5/c1-19-12-7-9(8-13(20-2)14(12)21-3)10-5-4-6-11(16-10)15(17)18/h4-8H,1-3H3,(H,17,18). The first-order chi connectivity index (χ1) is 10.1. The third-order valence-corrected chi connectivity index (χ3v) is 2.93. The van der Waals surface area contributed by atoms with E-state index in [1.54, 1.807) is 24.3 Å². The highest BCUT2D eigenvalue weighted by Gasteiger charge is 2.15. The maximum Gasteiger partial charge on any atom is 0.354 e. The number of pyridine rings is 1. The molecule has 2 rings (SSSR count). The first-order valence-corrected chi connectivity index (χ1v) is 6.11. The van der Waals surface area contributed by atoms with Crippen LogP contribution in [0.2, 0.25) is 0 Å². The molecule has 0 saturated heterocycles. The van der Waals surface area contributed by atoms with E-state index in [9.17, 15) is 4.79 Å². The van der Waals surface area contributed by atoms with E-state index in [1.807, 2.05) is 0 Å². The summed E-state index contributed by atoms with van der Waals surface area (Å²) < 4.78 is 15.8. The summed E-state index contributed by atoms with van der Waals surface area (Å²) in [7, 11) is 4.55. The van der Waals surface area contributed by atoms with Gasteiger partial charge in [0.2, 0.25) is 5.75 Å². The fourth-order valence-electron chi connectivity index (χ4n) is 1.94. The number of carboxylic acids is 1. The number of carboxylic acid groups (broad SMARTS) is 1. The molecule has 0 amide bonds. The van der Waals surface area contributed by atoms with Crippen LogP contribution in [-0.2, 0) is 0 Å². The monoisotopic (exact) mass is 289 g/mol. The molecule has 0 bridgehead atoms. The second kappa shape index (κ2) is 6.13. The highest BCUT2D eigenvalue weighted by atomic mass is 16.5. The lowest BCUT2D eigenvalue weighted by Gasteiger charge is -2.14. The molecule has 0 aliphatic carbocycles. The van der Waals surface area contributed by atoms with E-state index >= 15 is 0 Å². The zero-order chi connectivity index (χ0) is 15.4. The number of benzene rings is 1. The summed E-state index contributed by atoms with van der Waals surface area (Å²) in [5, 5.41) is 9.01. The van der Waals surface area contributed by atoms with Gasteiger partial charge in [0.15, 0.2) is 11.5 Å². The van der Waals surface area contributed by atoms with Crippen LogP contribution in [0.1, 0.15) is 10.5 Å². The van der Waals surface area contributed by atoms with Crippen molar-refractivity contribution in [2.45, 2.75) is 0 Å². The molecule has 0 fully saturated rings. The SMILES string of the molecule is COc1cc(-c2cccc(C(=O)O)n2)cc(OC)c1OC. The molecule has 0 aliphatic heterocycles. The van der Waals surface area contributed by atoms with Crippen LogP contribution < -0.4 is 14.2 Å². The Morgan fingerprint density at radius 3 is 2.14 bits per heavy atom. The lowest BCUT2D eigenvalue weighted by molar-refractivity contribution is 0.0690. The molecule has 0 radical (unpaired) electrons. The van der Waals surface area contributed by atoms with Crippen molar-refractivity contribution in [3.63, 3.8) is 0 Å². The first kappa shape index (κ1) is 14.6. The van der Waals surface area contributed by atoms with Crippen LogP contribution in [0.3, 0.4) is 0 Å². The zero-order valence-corrected chi connectivity index (χ0v) is 11.9. The highest BCUT2D eigenvalue weighted by Crippen LogP contribution is 2.40. The minimum Gasteiger partial charge on any atom is -0.493 e. The molecule has 21 heavy (non-hydrogen) atoms. The lowest BCUT2D eigenvalue weighted by atomic mass is 10.1. The van der Waals surface area contributed by atoms with Gasteiger partial charge in [-0.15, -0.1) is 0 Å². The minimum absolute atomic E-state index is 0.0266. The smallest absolute Gasteiger partial charge is 0.354 e. The molecule has 6 heteroatoms. The Bertz CT molecular complexity index is 644. The van der Waals surface area contributed by atoms with Crippen LogP contribution >= 0.6 is 0 Å². The number of nitrogens with zero attached hydrogens (tertiary/aromatic N) is 1. The average molecular weight is 289 g/mol. The molecule has 1 aromatic carbocycles. The van der Waals surface area contributed by atoms with Gasteiger partial charge in [0.1, 0.15) is 5.69 Å². The predicted octanol–water partition coefficient (Wildman–Crippen LogP) is 2.47. The molecule has 1 aromatic heterocycles. The Morgan fingerprint density at radius 2 is 1.67 bits per heavy atom. The number of hydrogen-bond donors (Lipinski definition) is 1. The second-order valence-electron chi connectivity index (χ2n) is 4.13. The summed E-state index contributed by atoms with van der Waals surface area (Å²) in [6, 6.07) is 8.22. The summed E-state index contributed by atoms with van der Waals surface area (Å²) >= 11 is 0. The normalized spacial score (nSPS) is 10.0. The zero-order valence-electron chi connectivity index (χ0n) is 11.9. The van der Waals surface area contributed by atoms with Gasteiger partial charge in [-0.2, -0.15) is 0 Å². The maximum absolute atomic E-state index is 11.0. The predicted molar refractivity (Wildman–Crippen MR) is 76.3 cm³/mol. The molecule has 1 heterocycles. The summed E-state index contributed by atoms with van der Waals surface area (Å²) in [6.07, 6.45) is 0. The van der Waals surface area contributed by atoms with E-state index < -0.39 is 5.97 Å². The van der Waals surface area contributed by atoms with Crippen molar-refractivity contribution in [2.75, 3.05) is 21.3 Å². The van der Waals surface area contributed by atoms with Crippen LogP contribution in [-0.4, -0.2) is 37.4 Å². The van der Waals surface area contributed by atoms with Crippen molar-refractivity contribution in [2.24, 2.45) is 0 Å². The van der Waals surface area contributed by atoms with Crippen molar-refractivity contribution < 1.29 is 24.1 Å². The molecular weight excluding hydrogens is 274 g/mol. The van der Waals surface area contributed by atoms with Crippen LogP contribution in [0.5, 0.6) is 17.2 Å². The van der Waals surface area contributed by atoms with Gasteiger partial charge in [-0.25, -0.2) is 9.78 Å². The average Bonchev–Trinajstić information content (AvgIpc) is 2.53. The van der Waals surface area contributed by atoms with E-state index in [1.165, 1.54) is 27.4 Å². The Kier molecular flexibility index (Phi) is 4.27. The molecule has 0 unspecified atom stereocenters. The Morgan fingerprint density at radius 1 is 1.05 bits per heavy atom. The van der Waals surface area contributed by atoms with Crippen LogP contribution in [0.15, 0.2) is 30.3 Å². The number of ether oxygens (including phenoxy) is 3. The van der Waals surface area contributed by atoms with E-state index in [-0.39, 0.29) is 5.69 Å². The van der Waals surface area contributed by atoms with E-state index in [2.05, 4.69) is 4.98 Å². The lowest BCUT2D eigenvalue weighted by Crippen LogP contribution is -2.01. The number of rotatable bonds is 5. The van der Waals surface area contributed by atoms with Gasteiger partial charge >= 0.3 is 5.97 Å². The molecule has 0 aliphatic rings. The van der Waals surface area contributed by atoms with Gasteiger partial charge in [-0.05, 0) is 24.3 Å². The van der Waals surface area contributed by atoms with Crippen LogP contribution in [0.4, 0.5) is 0 Å². The summed E-state index contributed by atoms with van der Waals surface area (Å²) in [4.78, 5) is 15.1. The highest BCUT2D eigenvalue weighted by molar-refractivity contribution is 5.86. The summed E-state index contributed by atoms with van der Waals surface area (Å²) in [5.41, 5.74) is 1.16. The minimum atomic E-state index is -1.08. The van der Waals surface area contributed by atoms with Crippen molar-refractivity contribution >= 4 is 5.97 Å². The van der Waals surface area contributed by atoms with Crippen molar-refractivity contribution in [3.05, 3.63) is 36.0 Å². The molecule has 0 spiro atoms. The van der Waals surface area contributed by atoms with Crippen LogP contribution in [0.25, 0.3) is 11.3 Å². The third kappa shape index (κ3) is 2.89. The Balaban J connectivity index is 2.58. The fourth-order valence-corrected chi connectivity index (χ4v) is 1.94. The van der Waals surface area contributed by atoms with Gasteiger partial charge in [-0.1, -0.05) is 6.07 Å². The van der Waals surface area contributed by atoms with E-state index in [0.717, 1.165) is 0 Å². The van der Waals surface area contributed by atoms with Gasteiger partial charge in [0.05, 0.1) is 27.0 Å². The largest absolute Gasteiger partial charge is 0.493 e. The van der Waals surface area contributed by atoms with Gasteiger partial charge in [-0.3, -0.25) is 0 Å². The van der Waals surface area contributed by atoms with E-state index in [0.29, 0.717) is 28.5 Å². The number of aromatic nitrogens is 1. The summed E-state index contributed by atoms with van der Waals surface area (Å²) in [6.45, 7) is 0. The molecule has 6 nitrogen and oxygen atoms in total. The quantitative estimate of drug-likeness (QED) is 0.911. The molecule has 0 atom stereocenters. The van der Waals surface area contributed by atoms with Crippen LogP contribution in [0, 0.1) is 0 Å². The second-order valence-corrected chi connectivity index (χ2v) is 4.13. The molecule has 110 valence electrons. The number of hydrogen-bond acceptors (Lipinski definition) is 5. The van der Waals surface area contributed by atoms with E-state index in [4.69, 9.17) is 19.3 Å². The molecule has 2 aromatic rings. The van der Waals surface area contributed by atoms with Gasteiger partial charge < -0.3 is 19.3 Å². The topological polar surface area (TPSA) is 77.9 Å². The molecule has 1 N–H and O–H groups in total. The first-order valence-electron chi connectivity index (χ1n) is 6.11. The van der Waals surface area contributed by atoms with Crippen molar-refractivity contribution in [1.29, 1.82) is 0 Å². The van der Waals surface area contributed by atoms with Gasteiger partial charge in [0, 0.05) is 5.56 Å².